The van der Waals surface area contributed by atoms with Gasteiger partial charge >= 0.3 is 0 Å². The van der Waals surface area contributed by atoms with E-state index in [1.54, 1.807) is 74.9 Å². The first-order valence-corrected chi connectivity index (χ1v) is 38.4. The summed E-state index contributed by atoms with van der Waals surface area (Å²) in [4.78, 5) is 93.9. The zero-order valence-electron chi connectivity index (χ0n) is 55.4. The van der Waals surface area contributed by atoms with Crippen LogP contribution in [0.15, 0.2) is 170 Å². The fourth-order valence-electron chi connectivity index (χ4n) is 11.0. The van der Waals surface area contributed by atoms with E-state index in [1.807, 2.05) is 58.2 Å². The Balaban J connectivity index is 0.000000150. The van der Waals surface area contributed by atoms with Crippen molar-refractivity contribution >= 4 is 159 Å². The van der Waals surface area contributed by atoms with Crippen molar-refractivity contribution in [3.05, 3.63) is 177 Å². The van der Waals surface area contributed by atoms with Crippen LogP contribution in [0.2, 0.25) is 0 Å². The third-order valence-corrected chi connectivity index (χ3v) is 20.5. The zero-order valence-corrected chi connectivity index (χ0v) is 62.6. The summed E-state index contributed by atoms with van der Waals surface area (Å²) >= 11 is 11.2. The van der Waals surface area contributed by atoms with Crippen LogP contribution in [0.5, 0.6) is 0 Å². The quantitative estimate of drug-likeness (QED) is 0.0756. The lowest BCUT2D eigenvalue weighted by atomic mass is 10.1. The topological polar surface area (TPSA) is 279 Å². The molecule has 11 aromatic rings. The van der Waals surface area contributed by atoms with Crippen LogP contribution in [0.1, 0.15) is 27.7 Å². The van der Waals surface area contributed by atoms with Crippen LogP contribution in [0.3, 0.4) is 0 Å². The molecule has 0 amide bonds. The molecule has 2 N–H and O–H groups in total. The molecule has 512 valence electrons. The van der Waals surface area contributed by atoms with E-state index in [2.05, 4.69) is 156 Å². The Morgan fingerprint density at radius 3 is 1.24 bits per heavy atom. The molecule has 2 saturated heterocycles. The third kappa shape index (κ3) is 16.9. The van der Waals surface area contributed by atoms with Gasteiger partial charge in [0, 0.05) is 166 Å². The highest BCUT2D eigenvalue weighted by molar-refractivity contribution is 9.11. The molecule has 0 spiro atoms. The van der Waals surface area contributed by atoms with E-state index in [0.717, 1.165) is 91.5 Å². The molecule has 1 atom stereocenters. The van der Waals surface area contributed by atoms with Crippen LogP contribution in [-0.2, 0) is 46.8 Å². The molecule has 10 heterocycles. The number of piperazine rings is 2. The first-order valence-electron chi connectivity index (χ1n) is 31.4. The first-order chi connectivity index (χ1) is 47.0. The number of nitrogens with one attached hydrogen (secondary N) is 2. The second-order valence-electron chi connectivity index (χ2n) is 22.9. The molecule has 2 aliphatic heterocycles. The maximum absolute atomic E-state index is 13.3. The number of halogens is 3. The fraction of sp³-hybridized carbons (Fsp3) is 0.313. The van der Waals surface area contributed by atoms with E-state index in [4.69, 9.17) is 0 Å². The second-order valence-corrected chi connectivity index (χ2v) is 29.5. The number of hydrogen-bond donors (Lipinski definition) is 2. The van der Waals surface area contributed by atoms with Gasteiger partial charge in [0.2, 0.25) is 17.1 Å². The Labute approximate surface area is 597 Å². The van der Waals surface area contributed by atoms with Gasteiger partial charge in [0.25, 0.3) is 22.2 Å². The van der Waals surface area contributed by atoms with Crippen molar-refractivity contribution in [3.63, 3.8) is 0 Å². The fourth-order valence-corrected chi connectivity index (χ4v) is 13.8. The molecule has 2 fully saturated rings. The molecule has 0 radical (unpaired) electrons. The number of rotatable bonds is 14. The number of pyridine rings is 4. The predicted octanol–water partition coefficient (Wildman–Crippen LogP) is 10.1. The Morgan fingerprint density at radius 2 is 0.857 bits per heavy atom. The SMILES string of the molecule is CCn1c(=O)c(-c2ccc(S(C)(=O)=O)cc2)cc2cnc(Nc3ccc(N4CCN(C)CC4)cc3)nc21.CCn1c(=O)c(Br)cc2cnc(Nc3ccc(N4CCN(C)CC4)cc3)nc21.CCn1c(=O)c(Br)cc2cnc(S(C)=O)nc21.CCn1c(=O)c(Br)cc2cnc(SC)nc21. The van der Waals surface area contributed by atoms with Crippen molar-refractivity contribution in [2.24, 2.45) is 0 Å². The average Bonchev–Trinajstić information content (AvgIpc) is 0.793. The van der Waals surface area contributed by atoms with E-state index in [1.165, 1.54) is 46.1 Å². The number of benzene rings is 3. The summed E-state index contributed by atoms with van der Waals surface area (Å²) in [6.45, 7) is 18.1. The van der Waals surface area contributed by atoms with Crippen LogP contribution < -0.4 is 42.7 Å². The van der Waals surface area contributed by atoms with Gasteiger partial charge in [-0.05, 0) is 186 Å². The summed E-state index contributed by atoms with van der Waals surface area (Å²) in [7, 11) is -0.270. The highest BCUT2D eigenvalue weighted by Crippen LogP contribution is 2.27. The molecular formula is C67H73Br3N18O7S3. The van der Waals surface area contributed by atoms with Crippen molar-refractivity contribution in [3.8, 4) is 11.1 Å². The minimum absolute atomic E-state index is 0.0549. The molecule has 13 rings (SSSR count). The molecule has 98 heavy (non-hydrogen) atoms. The van der Waals surface area contributed by atoms with Crippen LogP contribution in [-0.4, -0.2) is 166 Å². The number of likely N-dealkylation sites (N-methyl/N-ethyl adjacent to an activating group) is 2. The molecule has 31 heteroatoms. The molecule has 0 aliphatic carbocycles. The highest BCUT2D eigenvalue weighted by atomic mass is 79.9. The number of aryl methyl sites for hydroxylation is 4. The second kappa shape index (κ2) is 32.2. The smallest absolute Gasteiger partial charge is 0.266 e. The van der Waals surface area contributed by atoms with Gasteiger partial charge in [-0.15, -0.1) is 0 Å². The minimum atomic E-state index is -3.31. The number of hydrogen-bond acceptors (Lipinski definition) is 22. The molecule has 25 nitrogen and oxygen atoms in total. The van der Waals surface area contributed by atoms with Crippen LogP contribution in [0.4, 0.5) is 34.6 Å². The minimum Gasteiger partial charge on any atom is -0.369 e. The van der Waals surface area contributed by atoms with Gasteiger partial charge in [-0.1, -0.05) is 23.9 Å². The van der Waals surface area contributed by atoms with Crippen LogP contribution in [0, 0.1) is 0 Å². The Bertz CT molecular complexity index is 5130. The summed E-state index contributed by atoms with van der Waals surface area (Å²) < 4.78 is 42.9. The Hall–Kier alpha value is -8.17. The average molecular weight is 1580 g/mol. The Kier molecular flexibility index (Phi) is 23.9. The van der Waals surface area contributed by atoms with Gasteiger partial charge in [0.15, 0.2) is 15.0 Å². The standard InChI is InChI=1S/C27H30N6O3S.C20H23BrN6O.C10H10BrN3O2S.C10H10BrN3OS/c1-4-33-25-20(17-24(26(33)34)19-5-11-23(12-6-19)37(3,35)36)18-28-27(30-25)29-21-7-9-22(10-8-21)32-15-13-31(2)14-16-32;1-3-27-18-14(12-17(21)19(27)28)13-22-20(24-18)23-15-4-6-16(7-5-15)26-10-8-25(2)9-11-26;1-3-14-8-6(4-7(11)9(14)15)5-12-10(13-8)17(2)16;1-3-14-8-6(4-7(11)9(14)15)5-12-10(13-8)16-2/h5-12,17-18H,4,13-16H2,1-3H3,(H,28,29,30);4-7,12-13H,3,8-11H2,1-2H3,(H,22,23,24);4-5H,3H2,1-2H3;4-5H,3H2,1-2H3. The lowest BCUT2D eigenvalue weighted by Gasteiger charge is -2.34. The first kappa shape index (κ1) is 72.6. The molecule has 8 aromatic heterocycles. The lowest BCUT2D eigenvalue weighted by Crippen LogP contribution is -2.44. The molecule has 0 saturated carbocycles. The van der Waals surface area contributed by atoms with Gasteiger partial charge in [-0.3, -0.25) is 41.7 Å². The van der Waals surface area contributed by atoms with Crippen molar-refractivity contribution in [2.45, 2.75) is 69.1 Å². The van der Waals surface area contributed by atoms with Gasteiger partial charge in [-0.2, -0.15) is 9.97 Å². The maximum Gasteiger partial charge on any atom is 0.266 e. The Morgan fingerprint density at radius 1 is 0.490 bits per heavy atom. The van der Waals surface area contributed by atoms with E-state index in [9.17, 15) is 31.8 Å². The normalized spacial score (nSPS) is 13.9. The molecule has 3 aromatic carbocycles. The number of thioether (sulfide) groups is 1. The summed E-state index contributed by atoms with van der Waals surface area (Å²) in [5.41, 5.74) is 7.20. The van der Waals surface area contributed by atoms with Gasteiger partial charge in [-0.25, -0.2) is 38.3 Å². The van der Waals surface area contributed by atoms with Gasteiger partial charge in [0.05, 0.1) is 29.1 Å². The largest absolute Gasteiger partial charge is 0.369 e. The van der Waals surface area contributed by atoms with Crippen molar-refractivity contribution < 1.29 is 12.6 Å². The van der Waals surface area contributed by atoms with Gasteiger partial charge in [0.1, 0.15) is 22.6 Å². The summed E-state index contributed by atoms with van der Waals surface area (Å²) in [5, 5.41) is 10.6. The number of sulfone groups is 1. The van der Waals surface area contributed by atoms with E-state index < -0.39 is 20.6 Å². The third-order valence-electron chi connectivity index (χ3n) is 16.4. The van der Waals surface area contributed by atoms with Crippen molar-refractivity contribution in [2.75, 3.05) is 106 Å². The van der Waals surface area contributed by atoms with E-state index >= 15 is 0 Å². The highest BCUT2D eigenvalue weighted by Gasteiger charge is 2.19. The van der Waals surface area contributed by atoms with Crippen molar-refractivity contribution in [1.29, 1.82) is 0 Å². The zero-order chi connectivity index (χ0) is 70.1. The van der Waals surface area contributed by atoms with E-state index in [-0.39, 0.29) is 32.3 Å². The van der Waals surface area contributed by atoms with Crippen LogP contribution >= 0.6 is 59.6 Å². The number of aromatic nitrogens is 12. The number of anilines is 6. The van der Waals surface area contributed by atoms with Crippen LogP contribution in [0.25, 0.3) is 55.3 Å². The molecule has 1 unspecified atom stereocenters. The lowest BCUT2D eigenvalue weighted by molar-refractivity contribution is 0.313. The van der Waals surface area contributed by atoms with Gasteiger partial charge < -0.3 is 30.2 Å². The number of fused-ring (bicyclic) bond motifs is 4. The maximum atomic E-state index is 13.3. The molecular weight excluding hydrogens is 1500 g/mol. The summed E-state index contributed by atoms with van der Waals surface area (Å²) in [6, 6.07) is 29.8. The predicted molar refractivity (Wildman–Crippen MR) is 403 cm³/mol. The van der Waals surface area contributed by atoms with Crippen molar-refractivity contribution in [1.82, 2.24) is 67.9 Å². The monoisotopic (exact) mass is 1570 g/mol. The summed E-state index contributed by atoms with van der Waals surface area (Å²) in [6.07, 6.45) is 11.3. The molecule has 0 bridgehead atoms. The molecule has 2 aliphatic rings. The van der Waals surface area contributed by atoms with E-state index in [0.29, 0.717) is 90.4 Å². The summed E-state index contributed by atoms with van der Waals surface area (Å²) in [5.74, 6) is 0.885. The number of nitrogens with zero attached hydrogens (tertiary/aromatic N) is 16.